The molecule has 176 valence electrons. The molecule has 1 saturated heterocycles. The molecular weight excluding hydrogens is 460 g/mol. The van der Waals surface area contributed by atoms with Gasteiger partial charge in [-0.25, -0.2) is 4.79 Å². The van der Waals surface area contributed by atoms with Gasteiger partial charge in [-0.2, -0.15) is 0 Å². The van der Waals surface area contributed by atoms with E-state index in [1.807, 2.05) is 73.8 Å². The number of thiocarbonyl (C=S) groups is 1. The second-order valence-electron chi connectivity index (χ2n) is 8.08. The van der Waals surface area contributed by atoms with Crippen molar-refractivity contribution in [2.24, 2.45) is 0 Å². The third kappa shape index (κ3) is 4.36. The highest BCUT2D eigenvalue weighted by Crippen LogP contribution is 2.42. The molecule has 35 heavy (non-hydrogen) atoms. The summed E-state index contributed by atoms with van der Waals surface area (Å²) in [5, 5.41) is 13.4. The maximum atomic E-state index is 11.3. The van der Waals surface area contributed by atoms with Gasteiger partial charge in [-0.1, -0.05) is 6.07 Å². The van der Waals surface area contributed by atoms with Crippen molar-refractivity contribution in [3.63, 3.8) is 0 Å². The fourth-order valence-corrected chi connectivity index (χ4v) is 4.78. The summed E-state index contributed by atoms with van der Waals surface area (Å²) in [6, 6.07) is 24.2. The highest BCUT2D eigenvalue weighted by molar-refractivity contribution is 7.80. The van der Waals surface area contributed by atoms with Crippen LogP contribution in [0.5, 0.6) is 5.75 Å². The summed E-state index contributed by atoms with van der Waals surface area (Å²) in [4.78, 5) is 18.0. The van der Waals surface area contributed by atoms with Crippen molar-refractivity contribution in [2.45, 2.75) is 19.0 Å². The van der Waals surface area contributed by atoms with Crippen LogP contribution >= 0.6 is 12.2 Å². The van der Waals surface area contributed by atoms with Crippen LogP contribution in [0.15, 0.2) is 91.3 Å². The van der Waals surface area contributed by atoms with Gasteiger partial charge in [0.05, 0.1) is 23.9 Å². The van der Waals surface area contributed by atoms with Gasteiger partial charge in [0.1, 0.15) is 11.8 Å². The Morgan fingerprint density at radius 2 is 1.77 bits per heavy atom. The molecule has 0 bridgehead atoms. The number of ether oxygens (including phenoxy) is 1. The zero-order chi connectivity index (χ0) is 24.4. The summed E-state index contributed by atoms with van der Waals surface area (Å²) in [6.07, 6.45) is 3.75. The van der Waals surface area contributed by atoms with Gasteiger partial charge in [0, 0.05) is 29.5 Å². The van der Waals surface area contributed by atoms with Crippen molar-refractivity contribution >= 4 is 29.0 Å². The van der Waals surface area contributed by atoms with E-state index in [0.29, 0.717) is 11.7 Å². The Bertz CT molecular complexity index is 1340. The maximum absolute atomic E-state index is 11.3. The molecule has 0 saturated carbocycles. The topological polar surface area (TPSA) is 79.6 Å². The third-order valence-electron chi connectivity index (χ3n) is 6.00. The number of carbonyl (C=O) groups is 1. The average Bonchev–Trinajstić information content (AvgIpc) is 3.50. The second-order valence-corrected chi connectivity index (χ2v) is 8.47. The zero-order valence-electron chi connectivity index (χ0n) is 19.0. The Hall–Kier alpha value is -4.17. The van der Waals surface area contributed by atoms with Crippen molar-refractivity contribution in [1.82, 2.24) is 14.9 Å². The van der Waals surface area contributed by atoms with Crippen molar-refractivity contribution in [2.75, 3.05) is 11.5 Å². The van der Waals surface area contributed by atoms with Gasteiger partial charge < -0.3 is 24.6 Å². The van der Waals surface area contributed by atoms with Crippen LogP contribution < -0.4 is 15.0 Å². The summed E-state index contributed by atoms with van der Waals surface area (Å²) in [7, 11) is 0. The number of carboxylic acids is 1. The largest absolute Gasteiger partial charge is 0.494 e. The number of carboxylic acid groups (broad SMARTS) is 1. The van der Waals surface area contributed by atoms with E-state index in [2.05, 4.69) is 25.8 Å². The van der Waals surface area contributed by atoms with Crippen LogP contribution in [0.4, 0.5) is 5.69 Å². The molecule has 0 aliphatic carbocycles. The van der Waals surface area contributed by atoms with E-state index in [-0.39, 0.29) is 17.6 Å². The minimum atomic E-state index is -0.952. The van der Waals surface area contributed by atoms with Crippen molar-refractivity contribution < 1.29 is 14.6 Å². The quantitative estimate of drug-likeness (QED) is 0.351. The minimum Gasteiger partial charge on any atom is -0.494 e. The number of hydrogen-bond acceptors (Lipinski definition) is 4. The van der Waals surface area contributed by atoms with E-state index in [9.17, 15) is 9.90 Å². The molecule has 1 fully saturated rings. The molecule has 0 spiro atoms. The third-order valence-corrected chi connectivity index (χ3v) is 6.31. The summed E-state index contributed by atoms with van der Waals surface area (Å²) in [6.45, 7) is 2.56. The number of aromatic nitrogens is 2. The monoisotopic (exact) mass is 484 g/mol. The van der Waals surface area contributed by atoms with Gasteiger partial charge in [-0.3, -0.25) is 4.98 Å². The Kier molecular flexibility index (Phi) is 6.20. The molecule has 4 aromatic rings. The molecule has 8 heteroatoms. The van der Waals surface area contributed by atoms with Crippen LogP contribution in [0.3, 0.4) is 0 Å². The molecule has 0 radical (unpaired) electrons. The molecule has 7 nitrogen and oxygen atoms in total. The van der Waals surface area contributed by atoms with Crippen LogP contribution in [0.2, 0.25) is 0 Å². The molecule has 2 atom stereocenters. The predicted octanol–water partition coefficient (Wildman–Crippen LogP) is 5.15. The standard InChI is InChI=1S/C27H24N4O3S/c1-2-34-21-14-12-20(13-15-21)31-25(24(29-27(31)35)22-6-3-4-16-28-22)23-7-5-17-30(23)19-10-8-18(9-11-19)26(32)33/h3-17,24-25H,2H2,1H3,(H,29,35)(H,32,33)/t24-,25-/m1/s1. The maximum Gasteiger partial charge on any atom is 0.335 e. The number of hydrogen-bond donors (Lipinski definition) is 2. The number of pyridine rings is 1. The van der Waals surface area contributed by atoms with Crippen LogP contribution in [0, 0.1) is 0 Å². The van der Waals surface area contributed by atoms with E-state index >= 15 is 0 Å². The molecular formula is C27H24N4O3S. The van der Waals surface area contributed by atoms with Crippen LogP contribution in [0.1, 0.15) is 40.8 Å². The molecule has 2 aromatic heterocycles. The van der Waals surface area contributed by atoms with Crippen molar-refractivity contribution in [1.29, 1.82) is 0 Å². The number of aromatic carboxylic acids is 1. The second kappa shape index (κ2) is 9.60. The Morgan fingerprint density at radius 3 is 2.43 bits per heavy atom. The molecule has 2 N–H and O–H groups in total. The molecule has 0 amide bonds. The van der Waals surface area contributed by atoms with E-state index in [1.165, 1.54) is 0 Å². The van der Waals surface area contributed by atoms with E-state index in [0.717, 1.165) is 28.5 Å². The number of anilines is 1. The number of rotatable bonds is 7. The minimum absolute atomic E-state index is 0.192. The Morgan fingerprint density at radius 1 is 1.03 bits per heavy atom. The molecule has 1 aliphatic rings. The number of benzene rings is 2. The van der Waals surface area contributed by atoms with Gasteiger partial charge in [0.2, 0.25) is 0 Å². The summed E-state index contributed by atoms with van der Waals surface area (Å²) < 4.78 is 7.68. The van der Waals surface area contributed by atoms with Gasteiger partial charge in [-0.05, 0) is 91.9 Å². The lowest BCUT2D eigenvalue weighted by atomic mass is 10.0. The smallest absolute Gasteiger partial charge is 0.335 e. The highest BCUT2D eigenvalue weighted by Gasteiger charge is 2.42. The van der Waals surface area contributed by atoms with E-state index in [4.69, 9.17) is 17.0 Å². The molecule has 2 aromatic carbocycles. The lowest BCUT2D eigenvalue weighted by Gasteiger charge is -2.29. The number of nitrogens with zero attached hydrogens (tertiary/aromatic N) is 3. The Balaban J connectivity index is 1.60. The first-order valence-corrected chi connectivity index (χ1v) is 11.7. The summed E-state index contributed by atoms with van der Waals surface area (Å²) >= 11 is 5.82. The van der Waals surface area contributed by atoms with Gasteiger partial charge in [-0.15, -0.1) is 0 Å². The van der Waals surface area contributed by atoms with Crippen molar-refractivity contribution in [3.05, 3.63) is 108 Å². The molecule has 3 heterocycles. The van der Waals surface area contributed by atoms with E-state index in [1.54, 1.807) is 18.3 Å². The number of nitrogens with one attached hydrogen (secondary N) is 1. The normalized spacial score (nSPS) is 17.3. The highest BCUT2D eigenvalue weighted by atomic mass is 32.1. The first-order valence-electron chi connectivity index (χ1n) is 11.3. The fourth-order valence-electron chi connectivity index (χ4n) is 4.44. The first kappa shape index (κ1) is 22.6. The summed E-state index contributed by atoms with van der Waals surface area (Å²) in [5.74, 6) is -0.152. The molecule has 0 unspecified atom stereocenters. The van der Waals surface area contributed by atoms with E-state index < -0.39 is 5.97 Å². The van der Waals surface area contributed by atoms with Gasteiger partial charge in [0.15, 0.2) is 5.11 Å². The fraction of sp³-hybridized carbons (Fsp3) is 0.148. The van der Waals surface area contributed by atoms with Crippen molar-refractivity contribution in [3.8, 4) is 11.4 Å². The molecule has 1 aliphatic heterocycles. The zero-order valence-corrected chi connectivity index (χ0v) is 19.9. The van der Waals surface area contributed by atoms with Crippen LogP contribution in [-0.2, 0) is 0 Å². The summed E-state index contributed by atoms with van der Waals surface area (Å²) in [5.41, 5.74) is 3.91. The Labute approximate surface area is 208 Å². The van der Waals surface area contributed by atoms with Crippen LogP contribution in [-0.4, -0.2) is 32.3 Å². The predicted molar refractivity (Wildman–Crippen MR) is 138 cm³/mol. The SMILES string of the molecule is CCOc1ccc(N2C(=S)N[C@H](c3ccccn3)[C@H]2c2cccn2-c2ccc(C(=O)O)cc2)cc1. The van der Waals surface area contributed by atoms with Gasteiger partial charge >= 0.3 is 5.97 Å². The lowest BCUT2D eigenvalue weighted by Crippen LogP contribution is -2.30. The van der Waals surface area contributed by atoms with Crippen LogP contribution in [0.25, 0.3) is 5.69 Å². The lowest BCUT2D eigenvalue weighted by molar-refractivity contribution is 0.0697. The first-order chi connectivity index (χ1) is 17.1. The van der Waals surface area contributed by atoms with Gasteiger partial charge in [0.25, 0.3) is 0 Å². The average molecular weight is 485 g/mol. The molecule has 5 rings (SSSR count).